The molecule has 6 nitrogen and oxygen atoms in total. The van der Waals surface area contributed by atoms with Crippen LogP contribution in [-0.4, -0.2) is 47.8 Å². The van der Waals surface area contributed by atoms with E-state index in [4.69, 9.17) is 9.72 Å². The molecule has 1 aliphatic rings. The number of para-hydroxylation sites is 2. The van der Waals surface area contributed by atoms with Crippen LogP contribution in [0.2, 0.25) is 0 Å². The fraction of sp³-hybridized carbons (Fsp3) is 0.333. The first-order valence-corrected chi connectivity index (χ1v) is 8.18. The highest BCUT2D eigenvalue weighted by Crippen LogP contribution is 2.29. The molecule has 1 fully saturated rings. The highest BCUT2D eigenvalue weighted by molar-refractivity contribution is 5.74. The third kappa shape index (κ3) is 2.44. The number of ether oxygens (including phenoxy) is 1. The van der Waals surface area contributed by atoms with E-state index >= 15 is 0 Å². The molecule has 1 saturated heterocycles. The number of benzene rings is 1. The first-order valence-electron chi connectivity index (χ1n) is 8.18. The normalized spacial score (nSPS) is 15.1. The van der Waals surface area contributed by atoms with E-state index in [1.807, 2.05) is 37.5 Å². The molecule has 0 atom stereocenters. The highest BCUT2D eigenvalue weighted by Gasteiger charge is 2.23. The van der Waals surface area contributed by atoms with E-state index in [9.17, 15) is 0 Å². The molecule has 6 heteroatoms. The fourth-order valence-corrected chi connectivity index (χ4v) is 3.33. The molecule has 0 N–H and O–H groups in total. The minimum atomic E-state index is 0.926. The van der Waals surface area contributed by atoms with Crippen LogP contribution in [0.25, 0.3) is 11.2 Å². The number of aromatic nitrogens is 3. The van der Waals surface area contributed by atoms with Gasteiger partial charge in [0.25, 0.3) is 0 Å². The summed E-state index contributed by atoms with van der Waals surface area (Å²) in [5.41, 5.74) is 3.04. The summed E-state index contributed by atoms with van der Waals surface area (Å²) in [6.45, 7) is 3.73. The largest absolute Gasteiger partial charge is 0.495 e. The molecule has 3 heterocycles. The van der Waals surface area contributed by atoms with Gasteiger partial charge in [-0.1, -0.05) is 12.1 Å². The summed E-state index contributed by atoms with van der Waals surface area (Å²) in [7, 11) is 3.76. The standard InChI is InChI=1S/C18H21N5O/c1-21-17-14(6-5-9-19-17)20-18(21)23-12-10-22(11-13-23)15-7-3-4-8-16(15)24-2/h3-9H,10-13H2,1-2H3. The van der Waals surface area contributed by atoms with Crippen LogP contribution < -0.4 is 14.5 Å². The number of nitrogens with zero attached hydrogens (tertiary/aromatic N) is 5. The molecule has 1 aliphatic heterocycles. The van der Waals surface area contributed by atoms with Gasteiger partial charge in [0.05, 0.1) is 12.8 Å². The number of methoxy groups -OCH3 is 1. The SMILES string of the molecule is COc1ccccc1N1CCN(c2nc3cccnc3n2C)CC1. The van der Waals surface area contributed by atoms with Gasteiger partial charge in [-0.15, -0.1) is 0 Å². The molecule has 1 aromatic carbocycles. The zero-order valence-electron chi connectivity index (χ0n) is 14.0. The van der Waals surface area contributed by atoms with Crippen LogP contribution >= 0.6 is 0 Å². The summed E-state index contributed by atoms with van der Waals surface area (Å²) in [5, 5.41) is 0. The number of aryl methyl sites for hydroxylation is 1. The van der Waals surface area contributed by atoms with E-state index < -0.39 is 0 Å². The topological polar surface area (TPSA) is 46.4 Å². The predicted octanol–water partition coefficient (Wildman–Crippen LogP) is 2.30. The van der Waals surface area contributed by atoms with Crippen molar-refractivity contribution in [2.45, 2.75) is 0 Å². The second-order valence-corrected chi connectivity index (χ2v) is 5.96. The Morgan fingerprint density at radius 3 is 2.46 bits per heavy atom. The summed E-state index contributed by atoms with van der Waals surface area (Å²) in [5.74, 6) is 1.92. The zero-order valence-corrected chi connectivity index (χ0v) is 14.0. The van der Waals surface area contributed by atoms with Gasteiger partial charge in [-0.2, -0.15) is 0 Å². The molecule has 24 heavy (non-hydrogen) atoms. The number of imidazole rings is 1. The van der Waals surface area contributed by atoms with Crippen LogP contribution in [0.5, 0.6) is 5.75 Å². The van der Waals surface area contributed by atoms with Crippen molar-refractivity contribution in [1.29, 1.82) is 0 Å². The maximum atomic E-state index is 5.49. The van der Waals surface area contributed by atoms with E-state index in [1.54, 1.807) is 7.11 Å². The van der Waals surface area contributed by atoms with Crippen LogP contribution in [0.3, 0.4) is 0 Å². The summed E-state index contributed by atoms with van der Waals surface area (Å²) < 4.78 is 7.57. The Hall–Kier alpha value is -2.76. The lowest BCUT2D eigenvalue weighted by molar-refractivity contribution is 0.413. The van der Waals surface area contributed by atoms with Crippen LogP contribution in [0.4, 0.5) is 11.6 Å². The molecular weight excluding hydrogens is 302 g/mol. The maximum Gasteiger partial charge on any atom is 0.207 e. The number of hydrogen-bond donors (Lipinski definition) is 0. The van der Waals surface area contributed by atoms with Crippen molar-refractivity contribution in [2.24, 2.45) is 7.05 Å². The Bertz CT molecular complexity index is 851. The van der Waals surface area contributed by atoms with E-state index in [0.29, 0.717) is 0 Å². The Balaban J connectivity index is 1.54. The Kier molecular flexibility index (Phi) is 3.72. The van der Waals surface area contributed by atoms with Crippen molar-refractivity contribution >= 4 is 22.8 Å². The third-order valence-electron chi connectivity index (χ3n) is 4.59. The molecule has 2 aromatic heterocycles. The third-order valence-corrected chi connectivity index (χ3v) is 4.59. The van der Waals surface area contributed by atoms with Gasteiger partial charge in [0.1, 0.15) is 11.3 Å². The Labute approximate surface area is 141 Å². The van der Waals surface area contributed by atoms with Gasteiger partial charge in [0, 0.05) is 39.4 Å². The lowest BCUT2D eigenvalue weighted by atomic mass is 10.2. The number of fused-ring (bicyclic) bond motifs is 1. The summed E-state index contributed by atoms with van der Waals surface area (Å²) in [4.78, 5) is 13.9. The van der Waals surface area contributed by atoms with Crippen molar-refractivity contribution in [3.63, 3.8) is 0 Å². The van der Waals surface area contributed by atoms with Crippen molar-refractivity contribution in [1.82, 2.24) is 14.5 Å². The van der Waals surface area contributed by atoms with E-state index in [1.165, 1.54) is 0 Å². The number of hydrogen-bond acceptors (Lipinski definition) is 5. The van der Waals surface area contributed by atoms with E-state index in [0.717, 1.165) is 54.7 Å². The lowest BCUT2D eigenvalue weighted by Gasteiger charge is -2.37. The molecule has 0 radical (unpaired) electrons. The predicted molar refractivity (Wildman–Crippen MR) is 95.9 cm³/mol. The van der Waals surface area contributed by atoms with E-state index in [2.05, 4.69) is 31.5 Å². The molecule has 4 rings (SSSR count). The highest BCUT2D eigenvalue weighted by atomic mass is 16.5. The van der Waals surface area contributed by atoms with Crippen molar-refractivity contribution in [3.05, 3.63) is 42.6 Å². The van der Waals surface area contributed by atoms with Crippen molar-refractivity contribution in [2.75, 3.05) is 43.1 Å². The number of pyridine rings is 1. The molecule has 0 bridgehead atoms. The number of piperazine rings is 1. The maximum absolute atomic E-state index is 5.49. The van der Waals surface area contributed by atoms with Crippen LogP contribution in [0.15, 0.2) is 42.6 Å². The molecule has 0 spiro atoms. The minimum absolute atomic E-state index is 0.926. The average molecular weight is 323 g/mol. The number of anilines is 2. The van der Waals surface area contributed by atoms with Crippen LogP contribution in [0.1, 0.15) is 0 Å². The monoisotopic (exact) mass is 323 g/mol. The smallest absolute Gasteiger partial charge is 0.207 e. The first-order chi connectivity index (χ1) is 11.8. The second-order valence-electron chi connectivity index (χ2n) is 5.96. The molecule has 0 unspecified atom stereocenters. The van der Waals surface area contributed by atoms with Gasteiger partial charge in [-0.3, -0.25) is 4.57 Å². The zero-order chi connectivity index (χ0) is 16.5. The molecule has 0 saturated carbocycles. The molecule has 0 amide bonds. The summed E-state index contributed by atoms with van der Waals surface area (Å²) in [6.07, 6.45) is 1.81. The Morgan fingerprint density at radius 2 is 1.71 bits per heavy atom. The molecule has 124 valence electrons. The minimum Gasteiger partial charge on any atom is -0.495 e. The summed E-state index contributed by atoms with van der Waals surface area (Å²) in [6, 6.07) is 12.1. The Morgan fingerprint density at radius 1 is 0.958 bits per heavy atom. The lowest BCUT2D eigenvalue weighted by Crippen LogP contribution is -2.47. The van der Waals surface area contributed by atoms with Gasteiger partial charge in [0.15, 0.2) is 5.65 Å². The van der Waals surface area contributed by atoms with E-state index in [-0.39, 0.29) is 0 Å². The van der Waals surface area contributed by atoms with Gasteiger partial charge >= 0.3 is 0 Å². The van der Waals surface area contributed by atoms with Gasteiger partial charge in [-0.05, 0) is 24.3 Å². The molecular formula is C18H21N5O. The quantitative estimate of drug-likeness (QED) is 0.740. The van der Waals surface area contributed by atoms with Gasteiger partial charge in [0.2, 0.25) is 5.95 Å². The van der Waals surface area contributed by atoms with Crippen LogP contribution in [0, 0.1) is 0 Å². The second kappa shape index (κ2) is 6.03. The molecule has 3 aromatic rings. The molecule has 0 aliphatic carbocycles. The van der Waals surface area contributed by atoms with Gasteiger partial charge < -0.3 is 14.5 Å². The summed E-state index contributed by atoms with van der Waals surface area (Å²) >= 11 is 0. The van der Waals surface area contributed by atoms with Gasteiger partial charge in [-0.25, -0.2) is 9.97 Å². The average Bonchev–Trinajstić information content (AvgIpc) is 2.99. The van der Waals surface area contributed by atoms with Crippen LogP contribution in [-0.2, 0) is 7.05 Å². The van der Waals surface area contributed by atoms with Crippen molar-refractivity contribution in [3.8, 4) is 5.75 Å². The van der Waals surface area contributed by atoms with Crippen molar-refractivity contribution < 1.29 is 4.74 Å². The fourth-order valence-electron chi connectivity index (χ4n) is 3.33. The first kappa shape index (κ1) is 14.8. The number of rotatable bonds is 3.